The molecule has 0 aliphatic carbocycles. The molecular weight excluding hydrogens is 210 g/mol. The summed E-state index contributed by atoms with van der Waals surface area (Å²) in [5.41, 5.74) is 0.0955. The third-order valence-corrected chi connectivity index (χ3v) is 2.39. The summed E-state index contributed by atoms with van der Waals surface area (Å²) in [6.07, 6.45) is 0. The molecule has 1 aromatic rings. The fraction of sp³-hybridized carbons (Fsp3) is 0.273. The molecule has 1 unspecified atom stereocenters. The predicted octanol–water partition coefficient (Wildman–Crippen LogP) is 0.937. The maximum Gasteiger partial charge on any atom is 0.326 e. The zero-order valence-corrected chi connectivity index (χ0v) is 9.04. The third kappa shape index (κ3) is 2.31. The first kappa shape index (κ1) is 12.0. The molecule has 0 aliphatic heterocycles. The zero-order valence-electron chi connectivity index (χ0n) is 9.04. The number of para-hydroxylation sites is 1. The van der Waals surface area contributed by atoms with Crippen LogP contribution in [0.1, 0.15) is 17.3 Å². The minimum atomic E-state index is -1.09. The summed E-state index contributed by atoms with van der Waals surface area (Å²) in [6.45, 7) is 1.40. The molecule has 1 aromatic carbocycles. The molecule has 1 rings (SSSR count). The smallest absolute Gasteiger partial charge is 0.326 e. The van der Waals surface area contributed by atoms with Crippen LogP contribution in [-0.2, 0) is 4.79 Å². The number of aromatic hydroxyl groups is 1. The van der Waals surface area contributed by atoms with Gasteiger partial charge in [0.25, 0.3) is 5.91 Å². The number of carboxylic acids is 1. The average Bonchev–Trinajstić information content (AvgIpc) is 2.26. The maximum absolute atomic E-state index is 11.8. The Morgan fingerprint density at radius 3 is 2.38 bits per heavy atom. The van der Waals surface area contributed by atoms with E-state index in [4.69, 9.17) is 5.11 Å². The fourth-order valence-corrected chi connectivity index (χ4v) is 1.19. The number of aliphatic carboxylic acids is 1. The van der Waals surface area contributed by atoms with Crippen molar-refractivity contribution in [3.63, 3.8) is 0 Å². The van der Waals surface area contributed by atoms with Crippen LogP contribution in [0.15, 0.2) is 24.3 Å². The molecule has 0 fully saturated rings. The van der Waals surface area contributed by atoms with Crippen molar-refractivity contribution in [2.24, 2.45) is 0 Å². The van der Waals surface area contributed by atoms with E-state index in [1.807, 2.05) is 0 Å². The monoisotopic (exact) mass is 223 g/mol. The van der Waals surface area contributed by atoms with Gasteiger partial charge in [-0.1, -0.05) is 12.1 Å². The van der Waals surface area contributed by atoms with Crippen LogP contribution < -0.4 is 0 Å². The number of carbonyl (C=O) groups excluding carboxylic acids is 1. The second-order valence-corrected chi connectivity index (χ2v) is 3.45. The van der Waals surface area contributed by atoms with Gasteiger partial charge in [-0.15, -0.1) is 0 Å². The molecule has 1 atom stereocenters. The quantitative estimate of drug-likeness (QED) is 0.799. The molecule has 86 valence electrons. The molecular formula is C11H13NO4. The van der Waals surface area contributed by atoms with Crippen LogP contribution in [0, 0.1) is 0 Å². The minimum absolute atomic E-state index is 0.0955. The highest BCUT2D eigenvalue weighted by molar-refractivity contribution is 5.98. The van der Waals surface area contributed by atoms with Gasteiger partial charge < -0.3 is 15.1 Å². The van der Waals surface area contributed by atoms with Gasteiger partial charge in [-0.3, -0.25) is 4.79 Å². The average molecular weight is 223 g/mol. The van der Waals surface area contributed by atoms with E-state index in [9.17, 15) is 14.7 Å². The Balaban J connectivity index is 2.95. The summed E-state index contributed by atoms with van der Waals surface area (Å²) in [5.74, 6) is -1.77. The van der Waals surface area contributed by atoms with Gasteiger partial charge in [-0.25, -0.2) is 4.79 Å². The van der Waals surface area contributed by atoms with E-state index >= 15 is 0 Å². The Morgan fingerprint density at radius 2 is 1.88 bits per heavy atom. The number of hydrogen-bond donors (Lipinski definition) is 2. The van der Waals surface area contributed by atoms with Gasteiger partial charge >= 0.3 is 5.97 Å². The normalized spacial score (nSPS) is 11.9. The van der Waals surface area contributed by atoms with Crippen LogP contribution in [0.25, 0.3) is 0 Å². The highest BCUT2D eigenvalue weighted by Crippen LogP contribution is 2.18. The van der Waals surface area contributed by atoms with Crippen molar-refractivity contribution in [3.8, 4) is 5.75 Å². The summed E-state index contributed by atoms with van der Waals surface area (Å²) < 4.78 is 0. The summed E-state index contributed by atoms with van der Waals surface area (Å²) in [4.78, 5) is 23.6. The highest BCUT2D eigenvalue weighted by atomic mass is 16.4. The Labute approximate surface area is 92.9 Å². The van der Waals surface area contributed by atoms with Crippen LogP contribution >= 0.6 is 0 Å². The maximum atomic E-state index is 11.8. The van der Waals surface area contributed by atoms with Crippen LogP contribution in [0.2, 0.25) is 0 Å². The van der Waals surface area contributed by atoms with Gasteiger partial charge in [0.1, 0.15) is 11.8 Å². The first-order valence-corrected chi connectivity index (χ1v) is 4.73. The fourth-order valence-electron chi connectivity index (χ4n) is 1.19. The van der Waals surface area contributed by atoms with Gasteiger partial charge in [0, 0.05) is 7.05 Å². The Hall–Kier alpha value is -2.04. The van der Waals surface area contributed by atoms with Crippen molar-refractivity contribution in [1.29, 1.82) is 0 Å². The van der Waals surface area contributed by atoms with Crippen LogP contribution in [-0.4, -0.2) is 40.1 Å². The molecule has 2 N–H and O–H groups in total. The number of phenolic OH excluding ortho intramolecular Hbond substituents is 1. The molecule has 1 amide bonds. The Kier molecular flexibility index (Phi) is 3.50. The van der Waals surface area contributed by atoms with Crippen molar-refractivity contribution in [2.75, 3.05) is 7.05 Å². The molecule has 5 nitrogen and oxygen atoms in total. The van der Waals surface area contributed by atoms with Crippen LogP contribution in [0.3, 0.4) is 0 Å². The van der Waals surface area contributed by atoms with Crippen molar-refractivity contribution in [2.45, 2.75) is 13.0 Å². The first-order valence-electron chi connectivity index (χ1n) is 4.73. The second-order valence-electron chi connectivity index (χ2n) is 3.45. The van der Waals surface area contributed by atoms with E-state index in [0.29, 0.717) is 0 Å². The van der Waals surface area contributed by atoms with E-state index in [2.05, 4.69) is 0 Å². The molecule has 0 spiro atoms. The number of nitrogens with zero attached hydrogens (tertiary/aromatic N) is 1. The lowest BCUT2D eigenvalue weighted by atomic mass is 10.1. The molecule has 0 aromatic heterocycles. The molecule has 0 saturated carbocycles. The molecule has 0 bridgehead atoms. The molecule has 5 heteroatoms. The summed E-state index contributed by atoms with van der Waals surface area (Å²) in [6, 6.07) is 5.08. The molecule has 0 aliphatic rings. The van der Waals surface area contributed by atoms with Gasteiger partial charge in [-0.2, -0.15) is 0 Å². The standard InChI is InChI=1S/C11H13NO4/c1-7(11(15)16)12(2)10(14)8-5-3-4-6-9(8)13/h3-7,13H,1-2H3,(H,15,16). The van der Waals surface area contributed by atoms with Gasteiger partial charge in [-0.05, 0) is 19.1 Å². The number of likely N-dealkylation sites (N-methyl/N-ethyl adjacent to an activating group) is 1. The van der Waals surface area contributed by atoms with E-state index in [-0.39, 0.29) is 11.3 Å². The number of carboxylic acid groups (broad SMARTS) is 1. The van der Waals surface area contributed by atoms with Gasteiger partial charge in [0.2, 0.25) is 0 Å². The number of rotatable bonds is 3. The summed E-state index contributed by atoms with van der Waals surface area (Å²) >= 11 is 0. The third-order valence-electron chi connectivity index (χ3n) is 2.39. The van der Waals surface area contributed by atoms with E-state index in [1.165, 1.54) is 26.1 Å². The number of carbonyl (C=O) groups is 2. The minimum Gasteiger partial charge on any atom is -0.507 e. The van der Waals surface area contributed by atoms with Crippen molar-refractivity contribution in [3.05, 3.63) is 29.8 Å². The van der Waals surface area contributed by atoms with Crippen molar-refractivity contribution in [1.82, 2.24) is 4.90 Å². The lowest BCUT2D eigenvalue weighted by Gasteiger charge is -2.21. The van der Waals surface area contributed by atoms with Crippen LogP contribution in [0.5, 0.6) is 5.75 Å². The van der Waals surface area contributed by atoms with Crippen LogP contribution in [0.4, 0.5) is 0 Å². The number of amides is 1. The van der Waals surface area contributed by atoms with Crippen molar-refractivity contribution >= 4 is 11.9 Å². The second kappa shape index (κ2) is 4.65. The zero-order chi connectivity index (χ0) is 12.3. The van der Waals surface area contributed by atoms with E-state index < -0.39 is 17.9 Å². The van der Waals surface area contributed by atoms with E-state index in [1.54, 1.807) is 12.1 Å². The Morgan fingerprint density at radius 1 is 1.31 bits per heavy atom. The number of hydrogen-bond acceptors (Lipinski definition) is 3. The molecule has 0 radical (unpaired) electrons. The van der Waals surface area contributed by atoms with Gasteiger partial charge in [0.15, 0.2) is 0 Å². The lowest BCUT2D eigenvalue weighted by molar-refractivity contribution is -0.141. The number of benzene rings is 1. The lowest BCUT2D eigenvalue weighted by Crippen LogP contribution is -2.40. The number of phenols is 1. The SMILES string of the molecule is CC(C(=O)O)N(C)C(=O)c1ccccc1O. The molecule has 0 saturated heterocycles. The molecule has 16 heavy (non-hydrogen) atoms. The largest absolute Gasteiger partial charge is 0.507 e. The Bertz CT molecular complexity index is 416. The van der Waals surface area contributed by atoms with Gasteiger partial charge in [0.05, 0.1) is 5.56 Å². The summed E-state index contributed by atoms with van der Waals surface area (Å²) in [5, 5.41) is 18.2. The molecule has 0 heterocycles. The highest BCUT2D eigenvalue weighted by Gasteiger charge is 2.24. The first-order chi connectivity index (χ1) is 7.45. The van der Waals surface area contributed by atoms with E-state index in [0.717, 1.165) is 4.90 Å². The summed E-state index contributed by atoms with van der Waals surface area (Å²) in [7, 11) is 1.38. The van der Waals surface area contributed by atoms with Crippen molar-refractivity contribution < 1.29 is 19.8 Å². The topological polar surface area (TPSA) is 77.8 Å². The predicted molar refractivity (Wildman–Crippen MR) is 57.3 cm³/mol.